The van der Waals surface area contributed by atoms with Gasteiger partial charge in [0.25, 0.3) is 0 Å². The molecule has 1 unspecified atom stereocenters. The maximum Gasteiger partial charge on any atom is 0.354 e. The lowest BCUT2D eigenvalue weighted by atomic mass is 10.1. The number of hydrogen-bond donors (Lipinski definition) is 2. The van der Waals surface area contributed by atoms with Crippen molar-refractivity contribution < 1.29 is 24.1 Å². The summed E-state index contributed by atoms with van der Waals surface area (Å²) in [5.74, 6) is -0.539. The van der Waals surface area contributed by atoms with Crippen LogP contribution in [0.1, 0.15) is 18.4 Å². The first-order valence-corrected chi connectivity index (χ1v) is 7.19. The predicted octanol–water partition coefficient (Wildman–Crippen LogP) is 1.31. The molecule has 2 N–H and O–H groups in total. The highest BCUT2D eigenvalue weighted by atomic mass is 16.6. The fraction of sp³-hybridized carbons (Fsp3) is 0.438. The molecule has 0 bridgehead atoms. The molecular weight excluding hydrogens is 286 g/mol. The molecule has 1 heterocycles. The van der Waals surface area contributed by atoms with Crippen LogP contribution in [0, 0.1) is 0 Å². The quantitative estimate of drug-likeness (QED) is 0.469. The zero-order valence-electron chi connectivity index (χ0n) is 12.6. The number of benzene rings is 1. The van der Waals surface area contributed by atoms with Crippen molar-refractivity contribution in [2.45, 2.75) is 25.9 Å². The molecule has 0 saturated carbocycles. The molecule has 6 nitrogen and oxygen atoms in total. The van der Waals surface area contributed by atoms with Gasteiger partial charge in [0.15, 0.2) is 0 Å². The van der Waals surface area contributed by atoms with Crippen molar-refractivity contribution >= 4 is 5.97 Å². The van der Waals surface area contributed by atoms with Crippen molar-refractivity contribution in [1.82, 2.24) is 5.32 Å². The Labute approximate surface area is 129 Å². The molecule has 6 heteroatoms. The van der Waals surface area contributed by atoms with Gasteiger partial charge in [0.2, 0.25) is 6.41 Å². The zero-order chi connectivity index (χ0) is 15.8. The van der Waals surface area contributed by atoms with Crippen LogP contribution in [0.3, 0.4) is 0 Å². The van der Waals surface area contributed by atoms with Gasteiger partial charge in [0.1, 0.15) is 5.70 Å². The van der Waals surface area contributed by atoms with Crippen molar-refractivity contribution in [3.8, 4) is 0 Å². The van der Waals surface area contributed by atoms with E-state index in [9.17, 15) is 9.90 Å². The Morgan fingerprint density at radius 1 is 1.41 bits per heavy atom. The van der Waals surface area contributed by atoms with E-state index in [2.05, 4.69) is 5.32 Å². The van der Waals surface area contributed by atoms with Crippen molar-refractivity contribution in [1.29, 1.82) is 0 Å². The van der Waals surface area contributed by atoms with Crippen molar-refractivity contribution in [2.24, 2.45) is 0 Å². The van der Waals surface area contributed by atoms with E-state index < -0.39 is 12.4 Å². The van der Waals surface area contributed by atoms with Crippen LogP contribution >= 0.6 is 0 Å². The van der Waals surface area contributed by atoms with E-state index in [0.717, 1.165) is 24.0 Å². The molecule has 1 atom stereocenters. The first-order valence-electron chi connectivity index (χ1n) is 7.19. The summed E-state index contributed by atoms with van der Waals surface area (Å²) in [7, 11) is 1.30. The predicted molar refractivity (Wildman–Crippen MR) is 79.5 cm³/mol. The number of ether oxygens (including phenoxy) is 3. The highest BCUT2D eigenvalue weighted by Gasteiger charge is 2.21. The summed E-state index contributed by atoms with van der Waals surface area (Å²) in [6, 6.07) is 9.46. The zero-order valence-corrected chi connectivity index (χ0v) is 12.6. The summed E-state index contributed by atoms with van der Waals surface area (Å²) in [5, 5.41) is 12.6. The lowest BCUT2D eigenvalue weighted by molar-refractivity contribution is -0.144. The summed E-state index contributed by atoms with van der Waals surface area (Å²) in [6.07, 6.45) is 0.255. The SMILES string of the molecule is COC(=O)/C(NC(O)OCc1ccccc1)=C1/CCCOC1. The van der Waals surface area contributed by atoms with Gasteiger partial charge in [0, 0.05) is 6.61 Å². The molecule has 0 spiro atoms. The second kappa shape index (κ2) is 8.53. The maximum absolute atomic E-state index is 11.9. The molecule has 0 aromatic heterocycles. The van der Waals surface area contributed by atoms with E-state index in [1.807, 2.05) is 30.3 Å². The fourth-order valence-electron chi connectivity index (χ4n) is 2.17. The second-order valence-corrected chi connectivity index (χ2v) is 4.92. The number of hydrogen-bond acceptors (Lipinski definition) is 6. The van der Waals surface area contributed by atoms with E-state index in [1.165, 1.54) is 7.11 Å². The minimum Gasteiger partial charge on any atom is -0.464 e. The summed E-state index contributed by atoms with van der Waals surface area (Å²) >= 11 is 0. The number of aliphatic hydroxyl groups excluding tert-OH is 1. The summed E-state index contributed by atoms with van der Waals surface area (Å²) in [5.41, 5.74) is 1.92. The Morgan fingerprint density at radius 2 is 2.18 bits per heavy atom. The summed E-state index contributed by atoms with van der Waals surface area (Å²) < 4.78 is 15.4. The summed E-state index contributed by atoms with van der Waals surface area (Å²) in [4.78, 5) is 11.9. The first kappa shape index (κ1) is 16.5. The number of carbonyl (C=O) groups excluding carboxylic acids is 1. The molecule has 1 aliphatic heterocycles. The van der Waals surface area contributed by atoms with Gasteiger partial charge in [-0.15, -0.1) is 0 Å². The molecule has 120 valence electrons. The standard InChI is InChI=1S/C16H21NO5/c1-20-15(18)14(13-8-5-9-21-11-13)17-16(19)22-10-12-6-3-2-4-7-12/h2-4,6-7,16-17,19H,5,8-11H2,1H3/b14-13+. The van der Waals surface area contributed by atoms with Crippen LogP contribution in [0.2, 0.25) is 0 Å². The largest absolute Gasteiger partial charge is 0.464 e. The van der Waals surface area contributed by atoms with Crippen LogP contribution in [0.5, 0.6) is 0 Å². The van der Waals surface area contributed by atoms with Gasteiger partial charge >= 0.3 is 5.97 Å². The van der Waals surface area contributed by atoms with Crippen LogP contribution < -0.4 is 5.32 Å². The van der Waals surface area contributed by atoms with Crippen LogP contribution in [-0.2, 0) is 25.6 Å². The van der Waals surface area contributed by atoms with E-state index in [1.54, 1.807) is 0 Å². The molecule has 2 rings (SSSR count). The summed E-state index contributed by atoms with van der Waals surface area (Å²) in [6.45, 7) is 1.25. The van der Waals surface area contributed by atoms with Gasteiger partial charge in [-0.05, 0) is 24.0 Å². The molecule has 1 aromatic carbocycles. The van der Waals surface area contributed by atoms with Crippen LogP contribution in [-0.4, -0.2) is 37.8 Å². The number of aliphatic hydroxyl groups is 1. The van der Waals surface area contributed by atoms with Gasteiger partial charge in [-0.1, -0.05) is 30.3 Å². The lowest BCUT2D eigenvalue weighted by Crippen LogP contribution is -2.36. The molecular formula is C16H21NO5. The van der Waals surface area contributed by atoms with Gasteiger partial charge in [-0.2, -0.15) is 0 Å². The molecule has 1 saturated heterocycles. The molecule has 1 aromatic rings. The molecule has 1 aliphatic rings. The molecule has 0 amide bonds. The average Bonchev–Trinajstić information content (AvgIpc) is 2.59. The van der Waals surface area contributed by atoms with Crippen molar-refractivity contribution in [3.63, 3.8) is 0 Å². The lowest BCUT2D eigenvalue weighted by Gasteiger charge is -2.22. The molecule has 0 radical (unpaired) electrons. The van der Waals surface area contributed by atoms with Crippen LogP contribution in [0.4, 0.5) is 0 Å². The van der Waals surface area contributed by atoms with Gasteiger partial charge in [-0.25, -0.2) is 4.79 Å². The third-order valence-corrected chi connectivity index (χ3v) is 3.31. The van der Waals surface area contributed by atoms with Gasteiger partial charge in [-0.3, -0.25) is 0 Å². The van der Waals surface area contributed by atoms with Crippen molar-refractivity contribution in [3.05, 3.63) is 47.2 Å². The van der Waals surface area contributed by atoms with Gasteiger partial charge in [0.05, 0.1) is 20.3 Å². The monoisotopic (exact) mass is 307 g/mol. The molecule has 22 heavy (non-hydrogen) atoms. The molecule has 0 aliphatic carbocycles. The minimum absolute atomic E-state index is 0.211. The van der Waals surface area contributed by atoms with E-state index >= 15 is 0 Å². The number of nitrogens with one attached hydrogen (secondary N) is 1. The second-order valence-electron chi connectivity index (χ2n) is 4.92. The number of methoxy groups -OCH3 is 1. The normalized spacial score (nSPS) is 18.5. The Morgan fingerprint density at radius 3 is 2.82 bits per heavy atom. The van der Waals surface area contributed by atoms with Gasteiger partial charge < -0.3 is 24.6 Å². The van der Waals surface area contributed by atoms with E-state index in [-0.39, 0.29) is 12.3 Å². The van der Waals surface area contributed by atoms with E-state index in [0.29, 0.717) is 13.2 Å². The third kappa shape index (κ3) is 4.84. The number of carbonyl (C=O) groups is 1. The molecule has 1 fully saturated rings. The average molecular weight is 307 g/mol. The highest BCUT2D eigenvalue weighted by Crippen LogP contribution is 2.17. The number of esters is 1. The van der Waals surface area contributed by atoms with Crippen molar-refractivity contribution in [2.75, 3.05) is 20.3 Å². The number of rotatable bonds is 6. The Bertz CT molecular complexity index is 507. The topological polar surface area (TPSA) is 77.0 Å². The van der Waals surface area contributed by atoms with E-state index in [4.69, 9.17) is 14.2 Å². The fourth-order valence-corrected chi connectivity index (χ4v) is 2.17. The first-order chi connectivity index (χ1) is 10.7. The Kier molecular flexibility index (Phi) is 6.39. The smallest absolute Gasteiger partial charge is 0.354 e. The maximum atomic E-state index is 11.9. The highest BCUT2D eigenvalue weighted by molar-refractivity contribution is 5.88. The third-order valence-electron chi connectivity index (χ3n) is 3.31. The Hall–Kier alpha value is -1.89. The van der Waals surface area contributed by atoms with Crippen LogP contribution in [0.15, 0.2) is 41.6 Å². The Balaban J connectivity index is 1.96. The minimum atomic E-state index is -1.30. The van der Waals surface area contributed by atoms with Crippen LogP contribution in [0.25, 0.3) is 0 Å².